The van der Waals surface area contributed by atoms with Gasteiger partial charge in [0.1, 0.15) is 11.9 Å². The van der Waals surface area contributed by atoms with Gasteiger partial charge in [-0.25, -0.2) is 13.9 Å². The van der Waals surface area contributed by atoms with Crippen LogP contribution in [0.1, 0.15) is 41.3 Å². The lowest BCUT2D eigenvalue weighted by Gasteiger charge is -2.33. The van der Waals surface area contributed by atoms with Crippen molar-refractivity contribution < 1.29 is 18.9 Å². The molecule has 4 heterocycles. The molecule has 1 aromatic carbocycles. The summed E-state index contributed by atoms with van der Waals surface area (Å²) in [6, 6.07) is 5.14. The van der Waals surface area contributed by atoms with Crippen molar-refractivity contribution in [2.24, 2.45) is 4.99 Å². The second-order valence-electron chi connectivity index (χ2n) is 8.79. The number of aromatic nitrogens is 2. The first-order valence-corrected chi connectivity index (χ1v) is 10.8. The van der Waals surface area contributed by atoms with Crippen LogP contribution in [0, 0.1) is 20.8 Å². The van der Waals surface area contributed by atoms with Crippen LogP contribution in [0.3, 0.4) is 0 Å². The number of carbonyl (C=O) groups is 2. The zero-order valence-corrected chi connectivity index (χ0v) is 18.5. The Morgan fingerprint density at radius 3 is 2.77 bits per heavy atom. The van der Waals surface area contributed by atoms with Gasteiger partial charge >= 0.3 is 12.0 Å². The normalized spacial score (nSPS) is 22.8. The van der Waals surface area contributed by atoms with Crippen LogP contribution in [0.25, 0.3) is 0 Å². The second-order valence-corrected chi connectivity index (χ2v) is 8.79. The molecule has 2 unspecified atom stereocenters. The van der Waals surface area contributed by atoms with Gasteiger partial charge in [-0.1, -0.05) is 28.8 Å². The molecule has 0 N–H and O–H groups in total. The van der Waals surface area contributed by atoms with E-state index in [4.69, 9.17) is 9.73 Å². The molecule has 3 aliphatic rings. The number of likely N-dealkylation sites (N-methyl/N-ethyl adjacent to an activating group) is 1. The van der Waals surface area contributed by atoms with Crippen molar-refractivity contribution in [2.45, 2.75) is 58.8 Å². The number of aryl methyl sites for hydroxylation is 3. The molecule has 3 aliphatic heterocycles. The number of aliphatic imine (C=N–C) groups is 1. The second kappa shape index (κ2) is 7.30. The fourth-order valence-electron chi connectivity index (χ4n) is 4.73. The molecule has 3 amide bonds. The molecule has 1 aromatic heterocycles. The maximum Gasteiger partial charge on any atom is 0.402 e. The van der Waals surface area contributed by atoms with Gasteiger partial charge in [-0.3, -0.25) is 14.6 Å². The summed E-state index contributed by atoms with van der Waals surface area (Å²) in [5, 5.41) is 0. The van der Waals surface area contributed by atoms with Gasteiger partial charge in [-0.2, -0.15) is 0 Å². The fourth-order valence-corrected chi connectivity index (χ4v) is 4.73. The van der Waals surface area contributed by atoms with Crippen molar-refractivity contribution in [3.8, 4) is 0 Å². The molecule has 5 rings (SSSR count). The van der Waals surface area contributed by atoms with Gasteiger partial charge in [0.25, 0.3) is 5.91 Å². The van der Waals surface area contributed by atoms with Crippen molar-refractivity contribution >= 4 is 23.7 Å². The number of imidazole rings is 1. The summed E-state index contributed by atoms with van der Waals surface area (Å²) in [5.41, 5.74) is 4.17. The van der Waals surface area contributed by atoms with E-state index < -0.39 is 6.04 Å². The van der Waals surface area contributed by atoms with E-state index in [1.807, 2.05) is 49.7 Å². The number of ether oxygens (including phenoxy) is 1. The van der Waals surface area contributed by atoms with Gasteiger partial charge in [0.15, 0.2) is 0 Å². The summed E-state index contributed by atoms with van der Waals surface area (Å²) in [7, 11) is 1.69. The van der Waals surface area contributed by atoms with E-state index in [1.54, 1.807) is 7.05 Å². The third-order valence-electron chi connectivity index (χ3n) is 6.57. The molecule has 0 spiro atoms. The van der Waals surface area contributed by atoms with Gasteiger partial charge in [-0.15, -0.1) is 0 Å². The molecular weight excluding hydrogens is 394 g/mol. The zero-order valence-electron chi connectivity index (χ0n) is 18.5. The third-order valence-corrected chi connectivity index (χ3v) is 6.57. The number of nitrogens with zero attached hydrogens (tertiary/aromatic N) is 5. The fraction of sp³-hybridized carbons (Fsp3) is 0.478. The SMILES string of the molecule is Cc1ccc(C)c(CN2C(=O)C3C(=Nc4n(CC5CCCO5)c(C)c[n+]43)N(C)C2=O)c1. The number of urea groups is 1. The van der Waals surface area contributed by atoms with E-state index >= 15 is 0 Å². The number of amidine groups is 1. The van der Waals surface area contributed by atoms with Crippen molar-refractivity contribution in [3.63, 3.8) is 0 Å². The summed E-state index contributed by atoms with van der Waals surface area (Å²) in [4.78, 5) is 34.2. The minimum absolute atomic E-state index is 0.162. The molecule has 0 aliphatic carbocycles. The van der Waals surface area contributed by atoms with Gasteiger partial charge in [0.2, 0.25) is 11.9 Å². The Balaban J connectivity index is 1.49. The molecule has 0 radical (unpaired) electrons. The molecule has 2 aromatic rings. The summed E-state index contributed by atoms with van der Waals surface area (Å²) in [6.07, 6.45) is 4.22. The van der Waals surface area contributed by atoms with Crippen molar-refractivity contribution in [2.75, 3.05) is 13.7 Å². The van der Waals surface area contributed by atoms with Crippen molar-refractivity contribution in [3.05, 3.63) is 46.8 Å². The smallest absolute Gasteiger partial charge is 0.375 e. The molecule has 0 saturated carbocycles. The van der Waals surface area contributed by atoms with E-state index in [0.29, 0.717) is 18.3 Å². The van der Waals surface area contributed by atoms with Gasteiger partial charge in [0.05, 0.1) is 19.2 Å². The molecule has 2 atom stereocenters. The summed E-state index contributed by atoms with van der Waals surface area (Å²) < 4.78 is 9.81. The van der Waals surface area contributed by atoms with Gasteiger partial charge in [0, 0.05) is 13.7 Å². The van der Waals surface area contributed by atoms with Crippen LogP contribution in [0.4, 0.5) is 10.7 Å². The number of imide groups is 1. The molecule has 162 valence electrons. The molecule has 8 nitrogen and oxygen atoms in total. The first kappa shape index (κ1) is 19.9. The van der Waals surface area contributed by atoms with Crippen LogP contribution < -0.4 is 4.57 Å². The number of carbonyl (C=O) groups excluding carboxylic acids is 2. The topological polar surface area (TPSA) is 71.0 Å². The summed E-state index contributed by atoms with van der Waals surface area (Å²) in [6.45, 7) is 7.78. The minimum Gasteiger partial charge on any atom is -0.375 e. The maximum absolute atomic E-state index is 13.5. The Bertz CT molecular complexity index is 1110. The van der Waals surface area contributed by atoms with Crippen molar-refractivity contribution in [1.82, 2.24) is 14.4 Å². The number of rotatable bonds is 4. The van der Waals surface area contributed by atoms with E-state index in [1.165, 1.54) is 9.80 Å². The van der Waals surface area contributed by atoms with Crippen LogP contribution >= 0.6 is 0 Å². The van der Waals surface area contributed by atoms with E-state index in [2.05, 4.69) is 4.57 Å². The average Bonchev–Trinajstić information content (AvgIpc) is 3.44. The first-order chi connectivity index (χ1) is 14.8. The highest BCUT2D eigenvalue weighted by Crippen LogP contribution is 2.31. The zero-order chi connectivity index (χ0) is 21.9. The lowest BCUT2D eigenvalue weighted by Crippen LogP contribution is -2.62. The Kier molecular flexibility index (Phi) is 4.69. The van der Waals surface area contributed by atoms with Crippen molar-refractivity contribution in [1.29, 1.82) is 0 Å². The largest absolute Gasteiger partial charge is 0.402 e. The number of amides is 3. The van der Waals surface area contributed by atoms with E-state index in [9.17, 15) is 9.59 Å². The quantitative estimate of drug-likeness (QED) is 0.711. The van der Waals surface area contributed by atoms with Crippen LogP contribution in [0.2, 0.25) is 0 Å². The number of hydrogen-bond donors (Lipinski definition) is 0. The van der Waals surface area contributed by atoms with Gasteiger partial charge < -0.3 is 4.74 Å². The Hall–Kier alpha value is -3.00. The number of fused-ring (bicyclic) bond motifs is 3. The third kappa shape index (κ3) is 3.17. The highest BCUT2D eigenvalue weighted by molar-refractivity contribution is 6.19. The predicted molar refractivity (Wildman–Crippen MR) is 114 cm³/mol. The van der Waals surface area contributed by atoms with Crippen LogP contribution in [0.15, 0.2) is 29.4 Å². The monoisotopic (exact) mass is 422 g/mol. The molecule has 0 bridgehead atoms. The number of benzene rings is 1. The molecule has 31 heavy (non-hydrogen) atoms. The summed E-state index contributed by atoms with van der Waals surface area (Å²) >= 11 is 0. The Morgan fingerprint density at radius 1 is 1.23 bits per heavy atom. The Morgan fingerprint density at radius 2 is 2.03 bits per heavy atom. The standard InChI is InChI=1S/C23H28N5O3/c1-14-7-8-15(2)17(10-14)12-28-21(29)19-20(25(4)23(28)30)24-22-26(16(3)11-27(19)22)13-18-6-5-9-31-18/h7-8,10-11,18-19H,5-6,9,12-13H2,1-4H3/q+1. The van der Waals surface area contributed by atoms with Crippen LogP contribution in [-0.2, 0) is 22.6 Å². The average molecular weight is 423 g/mol. The lowest BCUT2D eigenvalue weighted by atomic mass is 10.0. The van der Waals surface area contributed by atoms with Crippen LogP contribution in [0.5, 0.6) is 0 Å². The van der Waals surface area contributed by atoms with Gasteiger partial charge in [-0.05, 0) is 44.7 Å². The first-order valence-electron chi connectivity index (χ1n) is 10.8. The van der Waals surface area contributed by atoms with E-state index in [0.717, 1.165) is 41.8 Å². The Labute approximate surface area is 181 Å². The number of hydrogen-bond acceptors (Lipinski definition) is 4. The molecule has 2 fully saturated rings. The maximum atomic E-state index is 13.5. The molecule has 2 saturated heterocycles. The minimum atomic E-state index is -0.618. The summed E-state index contributed by atoms with van der Waals surface area (Å²) in [5.74, 6) is 0.957. The molecule has 8 heteroatoms. The predicted octanol–water partition coefficient (Wildman–Crippen LogP) is 2.56. The van der Waals surface area contributed by atoms with E-state index in [-0.39, 0.29) is 24.6 Å². The highest BCUT2D eigenvalue weighted by atomic mass is 16.5. The highest BCUT2D eigenvalue weighted by Gasteiger charge is 2.53. The van der Waals surface area contributed by atoms with Crippen LogP contribution in [-0.4, -0.2) is 51.9 Å². The lowest BCUT2D eigenvalue weighted by molar-refractivity contribution is -0.677. The molecular formula is C23H28N5O3+.